The van der Waals surface area contributed by atoms with Crippen LogP contribution in [0.25, 0.3) is 11.1 Å². The molecular weight excluding hydrogens is 348 g/mol. The Morgan fingerprint density at radius 2 is 1.57 bits per heavy atom. The molecule has 0 saturated carbocycles. The van der Waals surface area contributed by atoms with Crippen molar-refractivity contribution < 1.29 is 17.9 Å². The molecule has 0 fully saturated rings. The number of hydrogen-bond acceptors (Lipinski definition) is 1. The quantitative estimate of drug-likeness (QED) is 0.571. The Morgan fingerprint density at radius 1 is 0.905 bits per heavy atom. The minimum absolute atomic E-state index is 0.00628. The average molecular weight is 356 g/mol. The Labute approximate surface area is 134 Å². The Morgan fingerprint density at radius 3 is 2.14 bits per heavy atom. The molecule has 112 valence electrons. The van der Waals surface area contributed by atoms with Crippen molar-refractivity contribution in [1.29, 1.82) is 0 Å². The van der Waals surface area contributed by atoms with E-state index in [0.717, 1.165) is 0 Å². The second kappa shape index (κ2) is 5.95. The Kier molecular flexibility index (Phi) is 4.61. The zero-order valence-electron chi connectivity index (χ0n) is 10.6. The van der Waals surface area contributed by atoms with E-state index in [-0.39, 0.29) is 31.9 Å². The number of hydrogen-bond donors (Lipinski definition) is 0. The Balaban J connectivity index is 2.79. The summed E-state index contributed by atoms with van der Waals surface area (Å²) in [6.07, 6.45) is -4.60. The van der Waals surface area contributed by atoms with E-state index < -0.39 is 11.7 Å². The summed E-state index contributed by atoms with van der Waals surface area (Å²) in [5.74, 6) is -0.290. The summed E-state index contributed by atoms with van der Waals surface area (Å²) in [6.45, 7) is 0. The van der Waals surface area contributed by atoms with Gasteiger partial charge in [-0.2, -0.15) is 13.2 Å². The molecule has 0 atom stereocenters. The topological polar surface area (TPSA) is 9.23 Å². The second-order valence-electron chi connectivity index (χ2n) is 4.10. The van der Waals surface area contributed by atoms with Crippen LogP contribution in [0, 0.1) is 0 Å². The van der Waals surface area contributed by atoms with Gasteiger partial charge >= 0.3 is 6.18 Å². The molecule has 0 aliphatic rings. The van der Waals surface area contributed by atoms with Crippen molar-refractivity contribution in [2.24, 2.45) is 0 Å². The molecule has 0 amide bonds. The molecule has 0 unspecified atom stereocenters. The van der Waals surface area contributed by atoms with Crippen LogP contribution in [0.1, 0.15) is 5.56 Å². The van der Waals surface area contributed by atoms with Gasteiger partial charge in [0.25, 0.3) is 0 Å². The number of methoxy groups -OCH3 is 1. The van der Waals surface area contributed by atoms with Crippen molar-refractivity contribution in [2.75, 3.05) is 7.11 Å². The molecule has 0 radical (unpaired) electrons. The van der Waals surface area contributed by atoms with Gasteiger partial charge in [0.2, 0.25) is 0 Å². The molecule has 7 heteroatoms. The summed E-state index contributed by atoms with van der Waals surface area (Å²) < 4.78 is 44.7. The van der Waals surface area contributed by atoms with Crippen LogP contribution >= 0.6 is 34.8 Å². The van der Waals surface area contributed by atoms with E-state index in [1.54, 1.807) is 0 Å². The molecule has 2 rings (SSSR count). The highest BCUT2D eigenvalue weighted by atomic mass is 35.5. The lowest BCUT2D eigenvalue weighted by Crippen LogP contribution is -2.09. The molecule has 0 bridgehead atoms. The maximum Gasteiger partial charge on any atom is 0.420 e. The van der Waals surface area contributed by atoms with Gasteiger partial charge in [0.1, 0.15) is 11.3 Å². The number of rotatable bonds is 2. The zero-order valence-corrected chi connectivity index (χ0v) is 12.8. The summed E-state index contributed by atoms with van der Waals surface area (Å²) >= 11 is 17.7. The van der Waals surface area contributed by atoms with E-state index >= 15 is 0 Å². The van der Waals surface area contributed by atoms with E-state index in [4.69, 9.17) is 39.5 Å². The van der Waals surface area contributed by atoms with E-state index in [1.807, 2.05) is 0 Å². The fourth-order valence-electron chi connectivity index (χ4n) is 1.95. The fraction of sp³-hybridized carbons (Fsp3) is 0.143. The predicted octanol–water partition coefficient (Wildman–Crippen LogP) is 6.34. The molecule has 1 nitrogen and oxygen atoms in total. The lowest BCUT2D eigenvalue weighted by molar-refractivity contribution is -0.138. The molecule has 0 aliphatic carbocycles. The van der Waals surface area contributed by atoms with Gasteiger partial charge in [-0.1, -0.05) is 53.0 Å². The van der Waals surface area contributed by atoms with Crippen molar-refractivity contribution in [3.05, 3.63) is 51.0 Å². The first-order chi connectivity index (χ1) is 9.77. The summed E-state index contributed by atoms with van der Waals surface area (Å²) in [7, 11) is 1.17. The van der Waals surface area contributed by atoms with E-state index in [0.29, 0.717) is 0 Å². The van der Waals surface area contributed by atoms with Gasteiger partial charge in [-0.25, -0.2) is 0 Å². The smallest absolute Gasteiger partial charge is 0.420 e. The van der Waals surface area contributed by atoms with Crippen molar-refractivity contribution >= 4 is 34.8 Å². The van der Waals surface area contributed by atoms with Crippen LogP contribution in [0.2, 0.25) is 15.1 Å². The first-order valence-corrected chi connectivity index (χ1v) is 6.78. The summed E-state index contributed by atoms with van der Waals surface area (Å²) in [5, 5.41) is 0.136. The van der Waals surface area contributed by atoms with Crippen LogP contribution in [-0.2, 0) is 6.18 Å². The van der Waals surface area contributed by atoms with Crippen LogP contribution < -0.4 is 4.74 Å². The van der Waals surface area contributed by atoms with Crippen LogP contribution in [-0.4, -0.2) is 7.11 Å². The maximum absolute atomic E-state index is 13.3. The SMILES string of the molecule is COc1cccc(-c2ccc(Cl)c(Cl)c2Cl)c1C(F)(F)F. The van der Waals surface area contributed by atoms with Gasteiger partial charge in [0.05, 0.1) is 22.2 Å². The molecule has 0 saturated heterocycles. The largest absolute Gasteiger partial charge is 0.496 e. The molecule has 2 aromatic rings. The summed E-state index contributed by atoms with van der Waals surface area (Å²) in [5.41, 5.74) is -0.893. The molecule has 0 aliphatic heterocycles. The molecular formula is C14H8Cl3F3O. The normalized spacial score (nSPS) is 11.6. The monoisotopic (exact) mass is 354 g/mol. The number of alkyl halides is 3. The van der Waals surface area contributed by atoms with Gasteiger partial charge in [-0.05, 0) is 17.7 Å². The minimum Gasteiger partial charge on any atom is -0.496 e. The average Bonchev–Trinajstić information content (AvgIpc) is 2.43. The highest BCUT2D eigenvalue weighted by molar-refractivity contribution is 6.49. The van der Waals surface area contributed by atoms with Crippen molar-refractivity contribution in [3.8, 4) is 16.9 Å². The van der Waals surface area contributed by atoms with Gasteiger partial charge in [0.15, 0.2) is 0 Å². The van der Waals surface area contributed by atoms with Crippen LogP contribution in [0.5, 0.6) is 5.75 Å². The van der Waals surface area contributed by atoms with E-state index in [2.05, 4.69) is 0 Å². The lowest BCUT2D eigenvalue weighted by atomic mass is 9.98. The third kappa shape index (κ3) is 3.07. The predicted molar refractivity (Wildman–Crippen MR) is 78.5 cm³/mol. The minimum atomic E-state index is -4.60. The molecule has 21 heavy (non-hydrogen) atoms. The third-order valence-corrected chi connectivity index (χ3v) is 4.15. The lowest BCUT2D eigenvalue weighted by Gasteiger charge is -2.17. The fourth-order valence-corrected chi connectivity index (χ4v) is 2.59. The Hall–Kier alpha value is -1.10. The number of benzene rings is 2. The van der Waals surface area contributed by atoms with Gasteiger partial charge in [-0.3, -0.25) is 0 Å². The van der Waals surface area contributed by atoms with Crippen LogP contribution in [0.3, 0.4) is 0 Å². The van der Waals surface area contributed by atoms with Crippen molar-refractivity contribution in [2.45, 2.75) is 6.18 Å². The van der Waals surface area contributed by atoms with Crippen LogP contribution in [0.15, 0.2) is 30.3 Å². The van der Waals surface area contributed by atoms with E-state index in [9.17, 15) is 13.2 Å². The first kappa shape index (κ1) is 16.3. The van der Waals surface area contributed by atoms with Crippen LogP contribution in [0.4, 0.5) is 13.2 Å². The Bertz CT molecular complexity index is 684. The second-order valence-corrected chi connectivity index (χ2v) is 5.27. The molecule has 2 aromatic carbocycles. The summed E-state index contributed by atoms with van der Waals surface area (Å²) in [6, 6.07) is 6.77. The highest BCUT2D eigenvalue weighted by Gasteiger charge is 2.37. The molecule has 0 heterocycles. The molecule has 0 spiro atoms. The zero-order chi connectivity index (χ0) is 15.8. The van der Waals surface area contributed by atoms with Gasteiger partial charge in [-0.15, -0.1) is 0 Å². The van der Waals surface area contributed by atoms with Gasteiger partial charge < -0.3 is 4.74 Å². The van der Waals surface area contributed by atoms with Crippen molar-refractivity contribution in [3.63, 3.8) is 0 Å². The first-order valence-electron chi connectivity index (χ1n) is 5.65. The van der Waals surface area contributed by atoms with E-state index in [1.165, 1.54) is 37.4 Å². The summed E-state index contributed by atoms with van der Waals surface area (Å²) in [4.78, 5) is 0. The van der Waals surface area contributed by atoms with Gasteiger partial charge in [0, 0.05) is 5.56 Å². The number of halogens is 6. The number of ether oxygens (including phenoxy) is 1. The van der Waals surface area contributed by atoms with Crippen molar-refractivity contribution in [1.82, 2.24) is 0 Å². The molecule has 0 aromatic heterocycles. The standard InChI is InChI=1S/C14H8Cl3F3O/c1-21-10-4-2-3-7(11(10)14(18,19)20)8-5-6-9(15)13(17)12(8)16/h2-6H,1H3. The molecule has 0 N–H and O–H groups in total. The highest BCUT2D eigenvalue weighted by Crippen LogP contribution is 2.46. The third-order valence-electron chi connectivity index (χ3n) is 2.85. The maximum atomic E-state index is 13.3.